The Bertz CT molecular complexity index is 1100. The Balaban J connectivity index is 1.52. The van der Waals surface area contributed by atoms with Crippen molar-refractivity contribution in [2.24, 2.45) is 0 Å². The number of amides is 3. The number of nitrogens with zero attached hydrogens (tertiary/aromatic N) is 1. The molecule has 0 spiro atoms. The quantitative estimate of drug-likeness (QED) is 0.521. The first-order valence-electron chi connectivity index (χ1n) is 10.2. The molecular weight excluding hydrogens is 464 g/mol. The van der Waals surface area contributed by atoms with E-state index in [1.165, 1.54) is 6.08 Å². The van der Waals surface area contributed by atoms with Crippen molar-refractivity contribution in [2.45, 2.75) is 6.92 Å². The summed E-state index contributed by atoms with van der Waals surface area (Å²) in [7, 11) is 1.55. The molecule has 0 saturated carbocycles. The summed E-state index contributed by atoms with van der Waals surface area (Å²) in [6, 6.07) is 12.3. The van der Waals surface area contributed by atoms with Crippen LogP contribution in [0.1, 0.15) is 18.1 Å². The SMILES string of the molecule is CCOc1ccc(/C=C/C(=O)NCCN2C(=O)S/C(=C/c3ccc(Cl)cc3)C2=O)cc1OC. The van der Waals surface area contributed by atoms with E-state index in [1.807, 2.05) is 13.0 Å². The van der Waals surface area contributed by atoms with Crippen molar-refractivity contribution in [1.29, 1.82) is 0 Å². The highest BCUT2D eigenvalue weighted by Crippen LogP contribution is 2.32. The van der Waals surface area contributed by atoms with Crippen LogP contribution in [0.4, 0.5) is 4.79 Å². The number of hydrogen-bond donors (Lipinski definition) is 1. The van der Waals surface area contributed by atoms with Gasteiger partial charge in [-0.1, -0.05) is 29.8 Å². The van der Waals surface area contributed by atoms with Gasteiger partial charge in [0.2, 0.25) is 5.91 Å². The van der Waals surface area contributed by atoms with Crippen LogP contribution in [0.3, 0.4) is 0 Å². The second-order valence-electron chi connectivity index (χ2n) is 6.85. The summed E-state index contributed by atoms with van der Waals surface area (Å²) >= 11 is 6.74. The summed E-state index contributed by atoms with van der Waals surface area (Å²) in [5.74, 6) is 0.479. The number of benzene rings is 2. The molecule has 1 fully saturated rings. The van der Waals surface area contributed by atoms with E-state index in [-0.39, 0.29) is 30.1 Å². The molecule has 0 aromatic heterocycles. The van der Waals surface area contributed by atoms with Crippen LogP contribution in [0.15, 0.2) is 53.4 Å². The lowest BCUT2D eigenvalue weighted by Gasteiger charge is -2.12. The van der Waals surface area contributed by atoms with E-state index in [0.717, 1.165) is 27.8 Å². The maximum Gasteiger partial charge on any atom is 0.293 e. The molecule has 1 aliphatic rings. The first-order valence-corrected chi connectivity index (χ1v) is 11.4. The summed E-state index contributed by atoms with van der Waals surface area (Å²) < 4.78 is 10.8. The molecule has 1 heterocycles. The molecule has 2 aromatic carbocycles. The molecule has 0 atom stereocenters. The molecule has 2 aromatic rings. The van der Waals surface area contributed by atoms with E-state index >= 15 is 0 Å². The summed E-state index contributed by atoms with van der Waals surface area (Å²) in [6.07, 6.45) is 4.67. The van der Waals surface area contributed by atoms with Gasteiger partial charge < -0.3 is 14.8 Å². The predicted molar refractivity (Wildman–Crippen MR) is 130 cm³/mol. The minimum absolute atomic E-state index is 0.0824. The Labute approximate surface area is 201 Å². The number of thioether (sulfide) groups is 1. The second-order valence-corrected chi connectivity index (χ2v) is 8.28. The normalized spacial score (nSPS) is 14.9. The van der Waals surface area contributed by atoms with Gasteiger partial charge in [-0.3, -0.25) is 19.3 Å². The van der Waals surface area contributed by atoms with Gasteiger partial charge in [0.15, 0.2) is 11.5 Å². The second kappa shape index (κ2) is 11.6. The molecule has 1 saturated heterocycles. The van der Waals surface area contributed by atoms with Crippen LogP contribution in [0, 0.1) is 0 Å². The fourth-order valence-electron chi connectivity index (χ4n) is 2.99. The Kier molecular flexibility index (Phi) is 8.57. The number of ether oxygens (including phenoxy) is 2. The summed E-state index contributed by atoms with van der Waals surface area (Å²) in [4.78, 5) is 38.4. The van der Waals surface area contributed by atoms with E-state index in [1.54, 1.807) is 55.7 Å². The van der Waals surface area contributed by atoms with Crippen molar-refractivity contribution in [3.63, 3.8) is 0 Å². The number of methoxy groups -OCH3 is 1. The minimum Gasteiger partial charge on any atom is -0.493 e. The number of nitrogens with one attached hydrogen (secondary N) is 1. The lowest BCUT2D eigenvalue weighted by atomic mass is 10.2. The van der Waals surface area contributed by atoms with E-state index < -0.39 is 0 Å². The fourth-order valence-corrected chi connectivity index (χ4v) is 3.98. The Morgan fingerprint density at radius 1 is 1.12 bits per heavy atom. The van der Waals surface area contributed by atoms with E-state index in [9.17, 15) is 14.4 Å². The average molecular weight is 487 g/mol. The first kappa shape index (κ1) is 24.4. The topological polar surface area (TPSA) is 84.9 Å². The summed E-state index contributed by atoms with van der Waals surface area (Å²) in [6.45, 7) is 2.63. The van der Waals surface area contributed by atoms with Crippen molar-refractivity contribution in [1.82, 2.24) is 10.2 Å². The summed E-state index contributed by atoms with van der Waals surface area (Å²) in [5, 5.41) is 2.90. The average Bonchev–Trinajstić information content (AvgIpc) is 3.07. The van der Waals surface area contributed by atoms with Crippen molar-refractivity contribution in [3.05, 3.63) is 69.6 Å². The molecule has 3 rings (SSSR count). The maximum atomic E-state index is 12.5. The number of carbonyl (C=O) groups excluding carboxylic acids is 3. The predicted octanol–water partition coefficient (Wildman–Crippen LogP) is 4.61. The monoisotopic (exact) mass is 486 g/mol. The van der Waals surface area contributed by atoms with Gasteiger partial charge in [0.25, 0.3) is 11.1 Å². The van der Waals surface area contributed by atoms with Crippen LogP contribution in [0.2, 0.25) is 5.02 Å². The molecule has 0 radical (unpaired) electrons. The highest BCUT2D eigenvalue weighted by atomic mass is 35.5. The highest BCUT2D eigenvalue weighted by molar-refractivity contribution is 8.18. The smallest absolute Gasteiger partial charge is 0.293 e. The number of hydrogen-bond acceptors (Lipinski definition) is 6. The van der Waals surface area contributed by atoms with E-state index in [4.69, 9.17) is 21.1 Å². The van der Waals surface area contributed by atoms with Crippen molar-refractivity contribution < 1.29 is 23.9 Å². The van der Waals surface area contributed by atoms with Gasteiger partial charge in [0.05, 0.1) is 18.6 Å². The molecular formula is C24H23ClN2O5S. The Morgan fingerprint density at radius 3 is 2.55 bits per heavy atom. The minimum atomic E-state index is -0.383. The number of rotatable bonds is 9. The molecule has 7 nitrogen and oxygen atoms in total. The van der Waals surface area contributed by atoms with Crippen LogP contribution in [0.25, 0.3) is 12.2 Å². The van der Waals surface area contributed by atoms with Gasteiger partial charge >= 0.3 is 0 Å². The van der Waals surface area contributed by atoms with Gasteiger partial charge in [-0.15, -0.1) is 0 Å². The zero-order valence-corrected chi connectivity index (χ0v) is 19.7. The highest BCUT2D eigenvalue weighted by Gasteiger charge is 2.34. The number of imide groups is 1. The zero-order valence-electron chi connectivity index (χ0n) is 18.2. The van der Waals surface area contributed by atoms with E-state index in [2.05, 4.69) is 5.32 Å². The summed E-state index contributed by atoms with van der Waals surface area (Å²) in [5.41, 5.74) is 1.54. The van der Waals surface area contributed by atoms with Gasteiger partial charge in [0.1, 0.15) is 0 Å². The molecule has 1 N–H and O–H groups in total. The van der Waals surface area contributed by atoms with Crippen LogP contribution < -0.4 is 14.8 Å². The number of halogens is 1. The third-order valence-corrected chi connectivity index (χ3v) is 5.75. The molecule has 0 bridgehead atoms. The van der Waals surface area contributed by atoms with Crippen LogP contribution in [-0.2, 0) is 9.59 Å². The van der Waals surface area contributed by atoms with Crippen LogP contribution in [-0.4, -0.2) is 48.8 Å². The van der Waals surface area contributed by atoms with Crippen molar-refractivity contribution in [3.8, 4) is 11.5 Å². The molecule has 9 heteroatoms. The van der Waals surface area contributed by atoms with Gasteiger partial charge in [-0.05, 0) is 66.2 Å². The van der Waals surface area contributed by atoms with Crippen LogP contribution in [0.5, 0.6) is 11.5 Å². The van der Waals surface area contributed by atoms with Crippen molar-refractivity contribution >= 4 is 52.6 Å². The zero-order chi connectivity index (χ0) is 23.8. The molecule has 0 aliphatic carbocycles. The van der Waals surface area contributed by atoms with E-state index in [0.29, 0.717) is 28.0 Å². The van der Waals surface area contributed by atoms with Gasteiger partial charge in [-0.2, -0.15) is 0 Å². The van der Waals surface area contributed by atoms with Crippen molar-refractivity contribution in [2.75, 3.05) is 26.8 Å². The third kappa shape index (κ3) is 6.63. The lowest BCUT2D eigenvalue weighted by molar-refractivity contribution is -0.123. The Morgan fingerprint density at radius 2 is 1.85 bits per heavy atom. The fraction of sp³-hybridized carbons (Fsp3) is 0.208. The first-order chi connectivity index (χ1) is 15.9. The molecule has 1 aliphatic heterocycles. The third-order valence-electron chi connectivity index (χ3n) is 4.59. The number of carbonyl (C=O) groups is 3. The van der Waals surface area contributed by atoms with Gasteiger partial charge in [0, 0.05) is 24.2 Å². The molecule has 3 amide bonds. The molecule has 0 unspecified atom stereocenters. The largest absolute Gasteiger partial charge is 0.493 e. The van der Waals surface area contributed by atoms with Crippen LogP contribution >= 0.6 is 23.4 Å². The Hall–Kier alpha value is -3.23. The lowest BCUT2D eigenvalue weighted by Crippen LogP contribution is -2.36. The molecule has 172 valence electrons. The van der Waals surface area contributed by atoms with Gasteiger partial charge in [-0.25, -0.2) is 0 Å². The molecule has 33 heavy (non-hydrogen) atoms. The standard InChI is InChI=1S/C24H23ClN2O5S/c1-3-32-19-10-6-16(14-20(19)31-2)7-11-22(28)26-12-13-27-23(29)21(33-24(27)30)15-17-4-8-18(25)9-5-17/h4-11,14-15H,3,12-13H2,1-2H3,(H,26,28)/b11-7+,21-15+. The maximum absolute atomic E-state index is 12.5.